The van der Waals surface area contributed by atoms with E-state index < -0.39 is 17.8 Å². The lowest BCUT2D eigenvalue weighted by Crippen LogP contribution is -2.38. The van der Waals surface area contributed by atoms with Crippen LogP contribution in [0.5, 0.6) is 0 Å². The normalized spacial score (nSPS) is 15.4. The maximum atomic E-state index is 12.4. The third-order valence-corrected chi connectivity index (χ3v) is 3.68. The number of hydrogen-bond donors (Lipinski definition) is 2. The fourth-order valence-corrected chi connectivity index (χ4v) is 2.50. The summed E-state index contributed by atoms with van der Waals surface area (Å²) in [5.74, 6) is -0.955. The van der Waals surface area contributed by atoms with Crippen LogP contribution in [0, 0.1) is 6.92 Å². The van der Waals surface area contributed by atoms with Gasteiger partial charge in [-0.15, -0.1) is 0 Å². The number of aryl methyl sites for hydroxylation is 1. The van der Waals surface area contributed by atoms with Crippen molar-refractivity contribution >= 4 is 29.6 Å². The van der Waals surface area contributed by atoms with Gasteiger partial charge in [0.2, 0.25) is 5.91 Å². The summed E-state index contributed by atoms with van der Waals surface area (Å²) in [6.45, 7) is 1.57. The van der Waals surface area contributed by atoms with E-state index >= 15 is 0 Å². The molecule has 2 aromatic carbocycles. The van der Waals surface area contributed by atoms with Gasteiger partial charge in [-0.05, 0) is 36.3 Å². The van der Waals surface area contributed by atoms with Gasteiger partial charge in [-0.3, -0.25) is 9.59 Å². The Morgan fingerprint density at radius 1 is 1.12 bits per heavy atom. The fraction of sp³-hybridized carbons (Fsp3) is 0.105. The minimum absolute atomic E-state index is 0.152. The Hall–Kier alpha value is -3.41. The van der Waals surface area contributed by atoms with Crippen LogP contribution in [0.15, 0.2) is 60.3 Å². The maximum absolute atomic E-state index is 12.4. The number of nitrogens with one attached hydrogen (secondary N) is 2. The molecule has 0 radical (unpaired) electrons. The van der Waals surface area contributed by atoms with E-state index in [-0.39, 0.29) is 12.2 Å². The van der Waals surface area contributed by atoms with Gasteiger partial charge in [-0.2, -0.15) is 0 Å². The highest BCUT2D eigenvalue weighted by Crippen LogP contribution is 2.14. The number of imide groups is 1. The molecule has 1 aliphatic heterocycles. The minimum atomic E-state index is -0.605. The molecule has 1 heterocycles. The van der Waals surface area contributed by atoms with E-state index in [9.17, 15) is 14.4 Å². The van der Waals surface area contributed by atoms with Crippen molar-refractivity contribution in [1.29, 1.82) is 0 Å². The number of benzene rings is 2. The molecule has 1 aliphatic rings. The maximum Gasteiger partial charge on any atom is 0.329 e. The van der Waals surface area contributed by atoms with Gasteiger partial charge in [0.05, 0.1) is 0 Å². The summed E-state index contributed by atoms with van der Waals surface area (Å²) in [5, 5.41) is 5.18. The molecule has 0 saturated carbocycles. The topological polar surface area (TPSA) is 78.5 Å². The fourth-order valence-electron chi connectivity index (χ4n) is 2.50. The van der Waals surface area contributed by atoms with E-state index in [0.29, 0.717) is 5.69 Å². The lowest BCUT2D eigenvalue weighted by Gasteiger charge is -2.12. The van der Waals surface area contributed by atoms with E-state index in [2.05, 4.69) is 10.6 Å². The van der Waals surface area contributed by atoms with Crippen molar-refractivity contribution in [2.75, 3.05) is 11.9 Å². The van der Waals surface area contributed by atoms with Gasteiger partial charge >= 0.3 is 6.03 Å². The molecule has 1 saturated heterocycles. The molecule has 0 aliphatic carbocycles. The van der Waals surface area contributed by atoms with E-state index in [0.717, 1.165) is 16.0 Å². The van der Waals surface area contributed by atoms with Gasteiger partial charge in [-0.1, -0.05) is 42.5 Å². The van der Waals surface area contributed by atoms with E-state index in [1.807, 2.05) is 55.5 Å². The van der Waals surface area contributed by atoms with Crippen LogP contribution in [0.25, 0.3) is 6.08 Å². The van der Waals surface area contributed by atoms with E-state index in [1.165, 1.54) is 0 Å². The average molecular weight is 335 g/mol. The summed E-state index contributed by atoms with van der Waals surface area (Å²) in [6.07, 6.45) is 1.58. The molecule has 0 atom stereocenters. The molecule has 0 bridgehead atoms. The molecule has 25 heavy (non-hydrogen) atoms. The van der Waals surface area contributed by atoms with Crippen molar-refractivity contribution in [2.45, 2.75) is 6.92 Å². The number of rotatable bonds is 4. The molecule has 1 fully saturated rings. The number of carbonyl (C=O) groups excluding carboxylic acids is 3. The summed E-state index contributed by atoms with van der Waals surface area (Å²) >= 11 is 0. The highest BCUT2D eigenvalue weighted by atomic mass is 16.2. The van der Waals surface area contributed by atoms with Crippen LogP contribution in [-0.4, -0.2) is 29.3 Å². The van der Waals surface area contributed by atoms with Crippen LogP contribution < -0.4 is 10.6 Å². The van der Waals surface area contributed by atoms with Crippen LogP contribution in [0.1, 0.15) is 11.1 Å². The predicted molar refractivity (Wildman–Crippen MR) is 94.5 cm³/mol. The molecule has 4 amide bonds. The standard InChI is InChI=1S/C19H17N3O3/c1-13-6-5-9-15(10-13)20-17(23)12-22-18(24)16(21-19(22)25)11-14-7-3-2-4-8-14/h2-11H,12H2,1H3,(H,20,23)(H,21,25)/b16-11+. The largest absolute Gasteiger partial charge is 0.329 e. The first-order chi connectivity index (χ1) is 12.0. The molecule has 126 valence electrons. The van der Waals surface area contributed by atoms with Crippen molar-refractivity contribution in [3.05, 3.63) is 71.4 Å². The van der Waals surface area contributed by atoms with E-state index in [1.54, 1.807) is 12.1 Å². The number of nitrogens with zero attached hydrogens (tertiary/aromatic N) is 1. The third kappa shape index (κ3) is 3.92. The third-order valence-electron chi connectivity index (χ3n) is 3.68. The molecule has 0 aromatic heterocycles. The Bertz CT molecular complexity index is 859. The molecular formula is C19H17N3O3. The highest BCUT2D eigenvalue weighted by Gasteiger charge is 2.34. The Kier molecular flexibility index (Phi) is 4.61. The summed E-state index contributed by atoms with van der Waals surface area (Å²) in [7, 11) is 0. The Balaban J connectivity index is 1.68. The smallest absolute Gasteiger partial charge is 0.325 e. The Labute approximate surface area is 145 Å². The van der Waals surface area contributed by atoms with Crippen LogP contribution in [-0.2, 0) is 9.59 Å². The number of carbonyl (C=O) groups is 3. The van der Waals surface area contributed by atoms with Crippen LogP contribution in [0.3, 0.4) is 0 Å². The second kappa shape index (κ2) is 7.00. The minimum Gasteiger partial charge on any atom is -0.325 e. The number of amides is 4. The van der Waals surface area contributed by atoms with Gasteiger partial charge in [0, 0.05) is 5.69 Å². The SMILES string of the molecule is Cc1cccc(NC(=O)CN2C(=O)N/C(=C/c3ccccc3)C2=O)c1. The zero-order valence-electron chi connectivity index (χ0n) is 13.7. The molecular weight excluding hydrogens is 318 g/mol. The quantitative estimate of drug-likeness (QED) is 0.666. The van der Waals surface area contributed by atoms with Crippen LogP contribution in [0.2, 0.25) is 0 Å². The number of urea groups is 1. The van der Waals surface area contributed by atoms with E-state index in [4.69, 9.17) is 0 Å². The predicted octanol–water partition coefficient (Wildman–Crippen LogP) is 2.53. The summed E-state index contributed by atoms with van der Waals surface area (Å²) in [4.78, 5) is 37.4. The molecule has 3 rings (SSSR count). The monoisotopic (exact) mass is 335 g/mol. The van der Waals surface area contributed by atoms with Crippen molar-refractivity contribution in [3.8, 4) is 0 Å². The van der Waals surface area contributed by atoms with Crippen molar-refractivity contribution in [2.24, 2.45) is 0 Å². The van der Waals surface area contributed by atoms with Gasteiger partial charge < -0.3 is 10.6 Å². The average Bonchev–Trinajstić information content (AvgIpc) is 2.83. The molecule has 2 N–H and O–H groups in total. The lowest BCUT2D eigenvalue weighted by atomic mass is 10.2. The van der Waals surface area contributed by atoms with Crippen molar-refractivity contribution in [1.82, 2.24) is 10.2 Å². The van der Waals surface area contributed by atoms with Crippen LogP contribution in [0.4, 0.5) is 10.5 Å². The van der Waals surface area contributed by atoms with Crippen molar-refractivity contribution in [3.63, 3.8) is 0 Å². The van der Waals surface area contributed by atoms with Crippen molar-refractivity contribution < 1.29 is 14.4 Å². The zero-order valence-corrected chi connectivity index (χ0v) is 13.7. The molecule has 6 nitrogen and oxygen atoms in total. The first kappa shape index (κ1) is 16.4. The summed E-state index contributed by atoms with van der Waals surface area (Å²) in [6, 6.07) is 15.8. The molecule has 6 heteroatoms. The Morgan fingerprint density at radius 3 is 2.60 bits per heavy atom. The second-order valence-corrected chi connectivity index (χ2v) is 5.71. The number of anilines is 1. The number of hydrogen-bond acceptors (Lipinski definition) is 3. The highest BCUT2D eigenvalue weighted by molar-refractivity contribution is 6.15. The zero-order chi connectivity index (χ0) is 17.8. The summed E-state index contributed by atoms with van der Waals surface area (Å²) < 4.78 is 0. The van der Waals surface area contributed by atoms with Gasteiger partial charge in [0.25, 0.3) is 5.91 Å². The van der Waals surface area contributed by atoms with Gasteiger partial charge in [-0.25, -0.2) is 9.69 Å². The molecule has 0 spiro atoms. The second-order valence-electron chi connectivity index (χ2n) is 5.71. The molecule has 2 aromatic rings. The first-order valence-corrected chi connectivity index (χ1v) is 7.79. The lowest BCUT2D eigenvalue weighted by molar-refractivity contribution is -0.127. The van der Waals surface area contributed by atoms with Crippen LogP contribution >= 0.6 is 0 Å². The Morgan fingerprint density at radius 2 is 1.88 bits per heavy atom. The summed E-state index contributed by atoms with van der Waals surface area (Å²) in [5.41, 5.74) is 2.56. The first-order valence-electron chi connectivity index (χ1n) is 7.79. The van der Waals surface area contributed by atoms with Gasteiger partial charge in [0.15, 0.2) is 0 Å². The molecule has 0 unspecified atom stereocenters. The van der Waals surface area contributed by atoms with Gasteiger partial charge in [0.1, 0.15) is 12.2 Å².